The SMILES string of the molecule is Cc1cc(Cl)ccc1OCCC(C#N)C(=O)N1CCCC1. The van der Waals surface area contributed by atoms with E-state index in [0.717, 1.165) is 37.2 Å². The van der Waals surface area contributed by atoms with Crippen LogP contribution >= 0.6 is 11.6 Å². The van der Waals surface area contributed by atoms with Crippen molar-refractivity contribution >= 4 is 17.5 Å². The summed E-state index contributed by atoms with van der Waals surface area (Å²) in [6.45, 7) is 3.81. The van der Waals surface area contributed by atoms with E-state index in [1.165, 1.54) is 0 Å². The van der Waals surface area contributed by atoms with Gasteiger partial charge in [-0.25, -0.2) is 0 Å². The summed E-state index contributed by atoms with van der Waals surface area (Å²) in [6, 6.07) is 7.50. The van der Waals surface area contributed by atoms with Gasteiger partial charge in [0.15, 0.2) is 0 Å². The van der Waals surface area contributed by atoms with E-state index < -0.39 is 5.92 Å². The molecule has 1 atom stereocenters. The monoisotopic (exact) mass is 306 g/mol. The molecule has 1 aromatic carbocycles. The number of carbonyl (C=O) groups excluding carboxylic acids is 1. The van der Waals surface area contributed by atoms with Crippen LogP contribution in [-0.2, 0) is 4.79 Å². The maximum absolute atomic E-state index is 12.2. The smallest absolute Gasteiger partial charge is 0.240 e. The second-order valence-electron chi connectivity index (χ2n) is 5.26. The molecule has 21 heavy (non-hydrogen) atoms. The first-order chi connectivity index (χ1) is 10.1. The van der Waals surface area contributed by atoms with Gasteiger partial charge in [-0.3, -0.25) is 4.79 Å². The normalized spacial score (nSPS) is 15.6. The summed E-state index contributed by atoms with van der Waals surface area (Å²) in [4.78, 5) is 13.9. The number of aryl methyl sites for hydroxylation is 1. The average molecular weight is 307 g/mol. The van der Waals surface area contributed by atoms with E-state index in [-0.39, 0.29) is 5.91 Å². The van der Waals surface area contributed by atoms with E-state index >= 15 is 0 Å². The Morgan fingerprint density at radius 2 is 2.19 bits per heavy atom. The molecule has 5 heteroatoms. The summed E-state index contributed by atoms with van der Waals surface area (Å²) in [7, 11) is 0. The largest absolute Gasteiger partial charge is 0.493 e. The van der Waals surface area contributed by atoms with Crippen molar-refractivity contribution in [3.63, 3.8) is 0 Å². The number of ether oxygens (including phenoxy) is 1. The highest BCUT2D eigenvalue weighted by molar-refractivity contribution is 6.30. The van der Waals surface area contributed by atoms with E-state index in [4.69, 9.17) is 16.3 Å². The Hall–Kier alpha value is -1.73. The van der Waals surface area contributed by atoms with Crippen LogP contribution in [0.5, 0.6) is 5.75 Å². The minimum absolute atomic E-state index is 0.0635. The Morgan fingerprint density at radius 1 is 1.48 bits per heavy atom. The molecule has 112 valence electrons. The Balaban J connectivity index is 1.86. The predicted molar refractivity (Wildman–Crippen MR) is 81.2 cm³/mol. The first kappa shape index (κ1) is 15.7. The van der Waals surface area contributed by atoms with E-state index in [0.29, 0.717) is 18.1 Å². The van der Waals surface area contributed by atoms with Crippen molar-refractivity contribution < 1.29 is 9.53 Å². The molecule has 1 fully saturated rings. The number of likely N-dealkylation sites (tertiary alicyclic amines) is 1. The highest BCUT2D eigenvalue weighted by Gasteiger charge is 2.26. The van der Waals surface area contributed by atoms with E-state index in [1.807, 2.05) is 13.0 Å². The Kier molecular flexibility index (Phi) is 5.46. The van der Waals surface area contributed by atoms with Crippen LogP contribution in [0.15, 0.2) is 18.2 Å². The molecule has 1 saturated heterocycles. The number of nitriles is 1. The molecule has 1 unspecified atom stereocenters. The molecule has 1 amide bonds. The van der Waals surface area contributed by atoms with Gasteiger partial charge in [0.2, 0.25) is 5.91 Å². The third-order valence-corrected chi connectivity index (χ3v) is 3.91. The lowest BCUT2D eigenvalue weighted by Crippen LogP contribution is -2.33. The molecule has 1 aliphatic heterocycles. The van der Waals surface area contributed by atoms with Crippen molar-refractivity contribution in [2.75, 3.05) is 19.7 Å². The first-order valence-electron chi connectivity index (χ1n) is 7.19. The third-order valence-electron chi connectivity index (χ3n) is 3.67. The van der Waals surface area contributed by atoms with Gasteiger partial charge in [-0.15, -0.1) is 0 Å². The summed E-state index contributed by atoms with van der Waals surface area (Å²) in [5.74, 6) is 0.0619. The summed E-state index contributed by atoms with van der Waals surface area (Å²) in [5, 5.41) is 9.84. The second-order valence-corrected chi connectivity index (χ2v) is 5.70. The fraction of sp³-hybridized carbons (Fsp3) is 0.500. The molecule has 0 bridgehead atoms. The van der Waals surface area contributed by atoms with Crippen LogP contribution in [0.1, 0.15) is 24.8 Å². The highest BCUT2D eigenvalue weighted by Crippen LogP contribution is 2.22. The molecule has 0 aromatic heterocycles. The minimum atomic E-state index is -0.615. The summed E-state index contributed by atoms with van der Waals surface area (Å²) < 4.78 is 5.66. The van der Waals surface area contributed by atoms with Gasteiger partial charge in [0.05, 0.1) is 12.7 Å². The lowest BCUT2D eigenvalue weighted by Gasteiger charge is -2.19. The maximum Gasteiger partial charge on any atom is 0.240 e. The van der Waals surface area contributed by atoms with E-state index in [2.05, 4.69) is 6.07 Å². The van der Waals surface area contributed by atoms with Crippen molar-refractivity contribution in [1.29, 1.82) is 5.26 Å². The Labute approximate surface area is 130 Å². The molecule has 1 heterocycles. The van der Waals surface area contributed by atoms with Crippen molar-refractivity contribution in [3.05, 3.63) is 28.8 Å². The molecule has 1 aliphatic rings. The summed E-state index contributed by atoms with van der Waals surface area (Å²) in [5.41, 5.74) is 0.946. The van der Waals surface area contributed by atoms with Crippen LogP contribution in [0, 0.1) is 24.2 Å². The van der Waals surface area contributed by atoms with Crippen molar-refractivity contribution in [3.8, 4) is 11.8 Å². The first-order valence-corrected chi connectivity index (χ1v) is 7.57. The van der Waals surface area contributed by atoms with Crippen molar-refractivity contribution in [2.45, 2.75) is 26.2 Å². The molecule has 2 rings (SSSR count). The highest BCUT2D eigenvalue weighted by atomic mass is 35.5. The van der Waals surface area contributed by atoms with Crippen LogP contribution < -0.4 is 4.74 Å². The number of nitrogens with zero attached hydrogens (tertiary/aromatic N) is 2. The predicted octanol–water partition coefficient (Wildman–Crippen LogP) is 3.18. The lowest BCUT2D eigenvalue weighted by atomic mass is 10.1. The van der Waals surface area contributed by atoms with Crippen LogP contribution in [0.3, 0.4) is 0 Å². The molecule has 0 saturated carbocycles. The number of rotatable bonds is 5. The van der Waals surface area contributed by atoms with E-state index in [1.54, 1.807) is 17.0 Å². The maximum atomic E-state index is 12.2. The van der Waals surface area contributed by atoms with Crippen LogP contribution in [-0.4, -0.2) is 30.5 Å². The number of carbonyl (C=O) groups is 1. The fourth-order valence-electron chi connectivity index (χ4n) is 2.46. The molecule has 0 spiro atoms. The van der Waals surface area contributed by atoms with Crippen LogP contribution in [0.25, 0.3) is 0 Å². The van der Waals surface area contributed by atoms with Crippen molar-refractivity contribution in [1.82, 2.24) is 4.90 Å². The molecular formula is C16H19ClN2O2. The van der Waals surface area contributed by atoms with E-state index in [9.17, 15) is 10.1 Å². The second kappa shape index (κ2) is 7.33. The molecule has 0 radical (unpaired) electrons. The molecule has 1 aromatic rings. The van der Waals surface area contributed by atoms with Crippen LogP contribution in [0.2, 0.25) is 5.02 Å². The topological polar surface area (TPSA) is 53.3 Å². The number of hydrogen-bond acceptors (Lipinski definition) is 3. The van der Waals surface area contributed by atoms with Crippen molar-refractivity contribution in [2.24, 2.45) is 5.92 Å². The minimum Gasteiger partial charge on any atom is -0.493 e. The lowest BCUT2D eigenvalue weighted by molar-refractivity contribution is -0.133. The van der Waals surface area contributed by atoms with Gasteiger partial charge in [-0.05, 0) is 43.5 Å². The number of benzene rings is 1. The molecule has 0 N–H and O–H groups in total. The fourth-order valence-corrected chi connectivity index (χ4v) is 2.69. The number of amides is 1. The average Bonchev–Trinajstić information content (AvgIpc) is 2.99. The van der Waals surface area contributed by atoms with Gasteiger partial charge in [0.1, 0.15) is 11.7 Å². The van der Waals surface area contributed by atoms with Gasteiger partial charge < -0.3 is 9.64 Å². The zero-order valence-electron chi connectivity index (χ0n) is 12.1. The molecule has 0 aliphatic carbocycles. The molecular weight excluding hydrogens is 288 g/mol. The van der Waals surface area contributed by atoms with Gasteiger partial charge in [0, 0.05) is 24.5 Å². The Bertz CT molecular complexity index is 548. The summed E-state index contributed by atoms with van der Waals surface area (Å²) in [6.07, 6.45) is 2.47. The van der Waals surface area contributed by atoms with Gasteiger partial charge in [0.25, 0.3) is 0 Å². The van der Waals surface area contributed by atoms with Gasteiger partial charge >= 0.3 is 0 Å². The van der Waals surface area contributed by atoms with Gasteiger partial charge in [-0.2, -0.15) is 5.26 Å². The number of hydrogen-bond donors (Lipinski definition) is 0. The molecule has 4 nitrogen and oxygen atoms in total. The zero-order chi connectivity index (χ0) is 15.2. The zero-order valence-corrected chi connectivity index (χ0v) is 12.9. The Morgan fingerprint density at radius 3 is 2.81 bits per heavy atom. The number of halogens is 1. The third kappa shape index (κ3) is 4.12. The van der Waals surface area contributed by atoms with Gasteiger partial charge in [-0.1, -0.05) is 11.6 Å². The standard InChI is InChI=1S/C16H19ClN2O2/c1-12-10-14(17)4-5-15(12)21-9-6-13(11-18)16(20)19-7-2-3-8-19/h4-5,10,13H,2-3,6-9H2,1H3. The summed E-state index contributed by atoms with van der Waals surface area (Å²) >= 11 is 5.89. The quantitative estimate of drug-likeness (QED) is 0.839. The van der Waals surface area contributed by atoms with Crippen LogP contribution in [0.4, 0.5) is 0 Å².